The Bertz CT molecular complexity index is 587. The average Bonchev–Trinajstić information content (AvgIpc) is 2.45. The molecular formula is C16H18N2O3. The number of carbonyl (C=O) groups excluding carboxylic acids is 1. The predicted octanol–water partition coefficient (Wildman–Crippen LogP) is 2.28. The van der Waals surface area contributed by atoms with Gasteiger partial charge in [-0.25, -0.2) is 0 Å². The van der Waals surface area contributed by atoms with Gasteiger partial charge in [-0.05, 0) is 37.6 Å². The Kier molecular flexibility index (Phi) is 6.15. The molecule has 1 rings (SSSR count). The van der Waals surface area contributed by atoms with E-state index in [-0.39, 0.29) is 18.4 Å². The fraction of sp³-hybridized carbons (Fsp3) is 0.312. The second-order valence-electron chi connectivity index (χ2n) is 4.64. The number of amides is 1. The zero-order valence-electron chi connectivity index (χ0n) is 12.1. The third-order valence-electron chi connectivity index (χ3n) is 3.06. The minimum absolute atomic E-state index is 0.0860. The Morgan fingerprint density at radius 3 is 2.76 bits per heavy atom. The highest BCUT2D eigenvalue weighted by molar-refractivity contribution is 5.92. The Labute approximate surface area is 124 Å². The van der Waals surface area contributed by atoms with Crippen LogP contribution in [0.15, 0.2) is 30.3 Å². The summed E-state index contributed by atoms with van der Waals surface area (Å²) in [5.41, 5.74) is 1.28. The van der Waals surface area contributed by atoms with Crippen LogP contribution in [0, 0.1) is 11.3 Å². The third-order valence-corrected chi connectivity index (χ3v) is 3.06. The smallest absolute Gasteiger partial charge is 0.305 e. The molecule has 1 unspecified atom stereocenters. The standard InChI is InChI=1S/C16H18N2O3/c1-3-18(12(2)9-16(20)21)15(19)8-7-13-5-4-6-14(10-13)11-17/h4-8,10,12H,3,9H2,1-2H3,(H,20,21). The van der Waals surface area contributed by atoms with Crippen LogP contribution in [0.25, 0.3) is 6.08 Å². The number of benzene rings is 1. The van der Waals surface area contributed by atoms with Gasteiger partial charge in [-0.3, -0.25) is 9.59 Å². The summed E-state index contributed by atoms with van der Waals surface area (Å²) in [6, 6.07) is 8.57. The lowest BCUT2D eigenvalue weighted by atomic mass is 10.1. The normalized spacial score (nSPS) is 11.9. The van der Waals surface area contributed by atoms with Crippen LogP contribution in [-0.2, 0) is 9.59 Å². The molecule has 0 aliphatic carbocycles. The van der Waals surface area contributed by atoms with Gasteiger partial charge in [0.05, 0.1) is 18.1 Å². The number of hydrogen-bond donors (Lipinski definition) is 1. The van der Waals surface area contributed by atoms with Gasteiger partial charge in [0.2, 0.25) is 5.91 Å². The van der Waals surface area contributed by atoms with Gasteiger partial charge in [0.25, 0.3) is 0 Å². The number of carbonyl (C=O) groups is 2. The molecule has 21 heavy (non-hydrogen) atoms. The van der Waals surface area contributed by atoms with E-state index in [0.29, 0.717) is 12.1 Å². The van der Waals surface area contributed by atoms with Crippen molar-refractivity contribution in [1.29, 1.82) is 5.26 Å². The number of hydrogen-bond acceptors (Lipinski definition) is 3. The minimum Gasteiger partial charge on any atom is -0.481 e. The van der Waals surface area contributed by atoms with Gasteiger partial charge in [0.15, 0.2) is 0 Å². The van der Waals surface area contributed by atoms with Gasteiger partial charge in [-0.15, -0.1) is 0 Å². The lowest BCUT2D eigenvalue weighted by molar-refractivity contribution is -0.139. The van der Waals surface area contributed by atoms with E-state index in [1.165, 1.54) is 11.0 Å². The van der Waals surface area contributed by atoms with Gasteiger partial charge in [0.1, 0.15) is 0 Å². The van der Waals surface area contributed by atoms with Crippen molar-refractivity contribution in [3.05, 3.63) is 41.5 Å². The molecule has 1 amide bonds. The first-order valence-electron chi connectivity index (χ1n) is 6.68. The van der Waals surface area contributed by atoms with Crippen LogP contribution in [0.4, 0.5) is 0 Å². The van der Waals surface area contributed by atoms with Crippen molar-refractivity contribution >= 4 is 18.0 Å². The van der Waals surface area contributed by atoms with Crippen LogP contribution < -0.4 is 0 Å². The Morgan fingerprint density at radius 1 is 1.48 bits per heavy atom. The molecule has 1 N–H and O–H groups in total. The quantitative estimate of drug-likeness (QED) is 0.813. The summed E-state index contributed by atoms with van der Waals surface area (Å²) in [5.74, 6) is -1.17. The van der Waals surface area contributed by atoms with E-state index < -0.39 is 5.97 Å². The first-order chi connectivity index (χ1) is 9.97. The Hall–Kier alpha value is -2.61. The van der Waals surface area contributed by atoms with E-state index in [1.807, 2.05) is 6.07 Å². The maximum Gasteiger partial charge on any atom is 0.305 e. The molecule has 0 aliphatic rings. The van der Waals surface area contributed by atoms with Crippen molar-refractivity contribution in [2.45, 2.75) is 26.3 Å². The van der Waals surface area contributed by atoms with Gasteiger partial charge in [-0.1, -0.05) is 12.1 Å². The first-order valence-corrected chi connectivity index (χ1v) is 6.68. The average molecular weight is 286 g/mol. The molecule has 1 aromatic rings. The largest absolute Gasteiger partial charge is 0.481 e. The van der Waals surface area contributed by atoms with E-state index in [4.69, 9.17) is 10.4 Å². The highest BCUT2D eigenvalue weighted by Gasteiger charge is 2.18. The minimum atomic E-state index is -0.931. The fourth-order valence-electron chi connectivity index (χ4n) is 2.02. The highest BCUT2D eigenvalue weighted by atomic mass is 16.4. The third kappa shape index (κ3) is 5.11. The summed E-state index contributed by atoms with van der Waals surface area (Å²) < 4.78 is 0. The van der Waals surface area contributed by atoms with Gasteiger partial charge >= 0.3 is 5.97 Å². The van der Waals surface area contributed by atoms with Crippen molar-refractivity contribution in [3.63, 3.8) is 0 Å². The van der Waals surface area contributed by atoms with E-state index in [0.717, 1.165) is 5.56 Å². The number of nitriles is 1. The Morgan fingerprint density at radius 2 is 2.19 bits per heavy atom. The predicted molar refractivity (Wildman–Crippen MR) is 79.3 cm³/mol. The number of likely N-dealkylation sites (N-methyl/N-ethyl adjacent to an activating group) is 1. The van der Waals surface area contributed by atoms with Crippen LogP contribution in [0.1, 0.15) is 31.4 Å². The molecule has 0 aliphatic heterocycles. The summed E-state index contributed by atoms with van der Waals surface area (Å²) in [6.07, 6.45) is 2.94. The molecule has 5 heteroatoms. The fourth-order valence-corrected chi connectivity index (χ4v) is 2.02. The summed E-state index contributed by atoms with van der Waals surface area (Å²) in [7, 11) is 0. The number of carboxylic acids is 1. The van der Waals surface area contributed by atoms with Crippen molar-refractivity contribution in [1.82, 2.24) is 4.90 Å². The molecular weight excluding hydrogens is 268 g/mol. The number of rotatable bonds is 6. The molecule has 5 nitrogen and oxygen atoms in total. The molecule has 0 spiro atoms. The molecule has 110 valence electrons. The van der Waals surface area contributed by atoms with Crippen molar-refractivity contribution < 1.29 is 14.7 Å². The number of carboxylic acid groups (broad SMARTS) is 1. The highest BCUT2D eigenvalue weighted by Crippen LogP contribution is 2.09. The molecule has 0 radical (unpaired) electrons. The van der Waals surface area contributed by atoms with Gasteiger partial charge in [-0.2, -0.15) is 5.26 Å². The molecule has 0 heterocycles. The number of aliphatic carboxylic acids is 1. The Balaban J connectivity index is 2.79. The van der Waals surface area contributed by atoms with Crippen LogP contribution >= 0.6 is 0 Å². The maximum atomic E-state index is 12.1. The van der Waals surface area contributed by atoms with Gasteiger partial charge < -0.3 is 10.0 Å². The van der Waals surface area contributed by atoms with Gasteiger partial charge in [0, 0.05) is 18.7 Å². The SMILES string of the molecule is CCN(C(=O)C=Cc1cccc(C#N)c1)C(C)CC(=O)O. The molecule has 0 bridgehead atoms. The van der Waals surface area contributed by atoms with E-state index in [2.05, 4.69) is 0 Å². The van der Waals surface area contributed by atoms with Crippen molar-refractivity contribution in [3.8, 4) is 6.07 Å². The number of nitrogens with zero attached hydrogens (tertiary/aromatic N) is 2. The van der Waals surface area contributed by atoms with Crippen LogP contribution in [0.5, 0.6) is 0 Å². The molecule has 1 aromatic carbocycles. The molecule has 0 saturated heterocycles. The van der Waals surface area contributed by atoms with Crippen molar-refractivity contribution in [2.75, 3.05) is 6.54 Å². The summed E-state index contributed by atoms with van der Waals surface area (Å²) in [6.45, 7) is 3.95. The molecule has 0 fully saturated rings. The second-order valence-corrected chi connectivity index (χ2v) is 4.64. The van der Waals surface area contributed by atoms with Crippen LogP contribution in [0.3, 0.4) is 0 Å². The summed E-state index contributed by atoms with van der Waals surface area (Å²) in [4.78, 5) is 24.3. The maximum absolute atomic E-state index is 12.1. The van der Waals surface area contributed by atoms with E-state index in [9.17, 15) is 9.59 Å². The second kappa shape index (κ2) is 7.85. The topological polar surface area (TPSA) is 81.4 Å². The summed E-state index contributed by atoms with van der Waals surface area (Å²) in [5, 5.41) is 17.6. The molecule has 1 atom stereocenters. The monoisotopic (exact) mass is 286 g/mol. The molecule has 0 aromatic heterocycles. The van der Waals surface area contributed by atoms with E-state index >= 15 is 0 Å². The zero-order valence-corrected chi connectivity index (χ0v) is 12.1. The summed E-state index contributed by atoms with van der Waals surface area (Å²) >= 11 is 0. The lowest BCUT2D eigenvalue weighted by Gasteiger charge is -2.25. The first kappa shape index (κ1) is 16.4. The molecule has 0 saturated carbocycles. The van der Waals surface area contributed by atoms with E-state index in [1.54, 1.807) is 44.2 Å². The van der Waals surface area contributed by atoms with Crippen molar-refractivity contribution in [2.24, 2.45) is 0 Å². The lowest BCUT2D eigenvalue weighted by Crippen LogP contribution is -2.38. The van der Waals surface area contributed by atoms with Crippen LogP contribution in [-0.4, -0.2) is 34.5 Å². The van der Waals surface area contributed by atoms with Crippen LogP contribution in [0.2, 0.25) is 0 Å². The zero-order chi connectivity index (χ0) is 15.8.